The van der Waals surface area contributed by atoms with Gasteiger partial charge in [0.05, 0.1) is 16.6 Å². The molecule has 0 amide bonds. The summed E-state index contributed by atoms with van der Waals surface area (Å²) in [5, 5.41) is 23.1. The highest BCUT2D eigenvalue weighted by Gasteiger charge is 2.32. The van der Waals surface area contributed by atoms with Crippen molar-refractivity contribution in [2.75, 3.05) is 13.2 Å². The SMILES string of the molecule is CCNC(C)(CCOc1c(Cl)cccc1[N+](=O)[O-])C(=O)O. The van der Waals surface area contributed by atoms with E-state index in [1.807, 2.05) is 0 Å². The van der Waals surface area contributed by atoms with E-state index in [9.17, 15) is 20.0 Å². The topological polar surface area (TPSA) is 102 Å². The predicted octanol–water partition coefficient (Wildman–Crippen LogP) is 2.47. The highest BCUT2D eigenvalue weighted by Crippen LogP contribution is 2.34. The zero-order valence-electron chi connectivity index (χ0n) is 11.8. The number of carboxylic acids is 1. The highest BCUT2D eigenvalue weighted by molar-refractivity contribution is 6.32. The Morgan fingerprint density at radius 2 is 2.24 bits per heavy atom. The molecule has 1 rings (SSSR count). The summed E-state index contributed by atoms with van der Waals surface area (Å²) in [6.07, 6.45) is 0.137. The molecule has 1 aromatic carbocycles. The molecule has 2 N–H and O–H groups in total. The van der Waals surface area contributed by atoms with Crippen LogP contribution in [0.4, 0.5) is 5.69 Å². The van der Waals surface area contributed by atoms with Gasteiger partial charge in [0.1, 0.15) is 5.54 Å². The number of carboxylic acid groups (broad SMARTS) is 1. The number of halogens is 1. The van der Waals surface area contributed by atoms with Crippen molar-refractivity contribution in [1.82, 2.24) is 5.32 Å². The second-order valence-corrected chi connectivity index (χ2v) is 5.02. The van der Waals surface area contributed by atoms with Crippen LogP contribution in [0.25, 0.3) is 0 Å². The zero-order valence-corrected chi connectivity index (χ0v) is 12.5. The number of rotatable bonds is 8. The number of hydrogen-bond donors (Lipinski definition) is 2. The van der Waals surface area contributed by atoms with Crippen molar-refractivity contribution in [3.63, 3.8) is 0 Å². The Labute approximate surface area is 127 Å². The second kappa shape index (κ2) is 7.24. The largest absolute Gasteiger partial charge is 0.486 e. The summed E-state index contributed by atoms with van der Waals surface area (Å²) in [7, 11) is 0. The van der Waals surface area contributed by atoms with E-state index in [-0.39, 0.29) is 29.5 Å². The minimum absolute atomic E-state index is 0.0135. The Hall–Kier alpha value is -1.86. The molecule has 0 aliphatic heterocycles. The number of para-hydroxylation sites is 1. The normalized spacial score (nSPS) is 13.5. The molecule has 116 valence electrons. The fourth-order valence-electron chi connectivity index (χ4n) is 1.80. The molecule has 0 aliphatic carbocycles. The molecular weight excluding hydrogens is 300 g/mol. The number of benzene rings is 1. The molecule has 0 spiro atoms. The first-order valence-corrected chi connectivity index (χ1v) is 6.73. The second-order valence-electron chi connectivity index (χ2n) is 4.61. The van der Waals surface area contributed by atoms with Gasteiger partial charge < -0.3 is 15.2 Å². The molecule has 0 bridgehead atoms. The molecule has 0 radical (unpaired) electrons. The zero-order chi connectivity index (χ0) is 16.0. The number of carbonyl (C=O) groups is 1. The van der Waals surface area contributed by atoms with Crippen LogP contribution in [0.1, 0.15) is 20.3 Å². The van der Waals surface area contributed by atoms with Crippen LogP contribution in [-0.4, -0.2) is 34.7 Å². The van der Waals surface area contributed by atoms with E-state index in [1.165, 1.54) is 25.1 Å². The summed E-state index contributed by atoms with van der Waals surface area (Å²) in [6, 6.07) is 4.21. The van der Waals surface area contributed by atoms with Crippen molar-refractivity contribution in [3.8, 4) is 5.75 Å². The number of ether oxygens (including phenoxy) is 1. The van der Waals surface area contributed by atoms with Crippen molar-refractivity contribution in [2.45, 2.75) is 25.8 Å². The number of likely N-dealkylation sites (N-methyl/N-ethyl adjacent to an activating group) is 1. The molecular formula is C13H17ClN2O5. The van der Waals surface area contributed by atoms with Crippen molar-refractivity contribution >= 4 is 23.3 Å². The Kier molecular flexibility index (Phi) is 5.92. The van der Waals surface area contributed by atoms with Crippen molar-refractivity contribution in [2.24, 2.45) is 0 Å². The predicted molar refractivity (Wildman–Crippen MR) is 77.9 cm³/mol. The lowest BCUT2D eigenvalue weighted by atomic mass is 9.98. The van der Waals surface area contributed by atoms with E-state index in [0.29, 0.717) is 6.54 Å². The fourth-order valence-corrected chi connectivity index (χ4v) is 2.03. The van der Waals surface area contributed by atoms with Gasteiger partial charge >= 0.3 is 11.7 Å². The molecule has 1 unspecified atom stereocenters. The molecule has 0 fully saturated rings. The maximum Gasteiger partial charge on any atom is 0.323 e. The van der Waals surface area contributed by atoms with Gasteiger partial charge in [0.2, 0.25) is 5.75 Å². The van der Waals surface area contributed by atoms with Crippen LogP contribution in [-0.2, 0) is 4.79 Å². The molecule has 0 heterocycles. The van der Waals surface area contributed by atoms with E-state index in [2.05, 4.69) is 5.32 Å². The minimum Gasteiger partial charge on any atom is -0.486 e. The molecule has 8 heteroatoms. The van der Waals surface area contributed by atoms with Crippen LogP contribution in [0.2, 0.25) is 5.02 Å². The lowest BCUT2D eigenvalue weighted by Crippen LogP contribution is -2.50. The first-order valence-electron chi connectivity index (χ1n) is 6.36. The van der Waals surface area contributed by atoms with Gasteiger partial charge in [0.25, 0.3) is 0 Å². The fraction of sp³-hybridized carbons (Fsp3) is 0.462. The summed E-state index contributed by atoms with van der Waals surface area (Å²) in [5.41, 5.74) is -1.41. The van der Waals surface area contributed by atoms with Gasteiger partial charge in [-0.15, -0.1) is 0 Å². The number of nitrogens with zero attached hydrogens (tertiary/aromatic N) is 1. The summed E-state index contributed by atoms with van der Waals surface area (Å²) in [4.78, 5) is 21.6. The van der Waals surface area contributed by atoms with Crippen LogP contribution in [0.15, 0.2) is 18.2 Å². The van der Waals surface area contributed by atoms with E-state index >= 15 is 0 Å². The third-order valence-electron chi connectivity index (χ3n) is 3.03. The summed E-state index contributed by atoms with van der Waals surface area (Å²) in [5.74, 6) is -1.06. The first-order chi connectivity index (χ1) is 9.81. The average Bonchev–Trinajstić information content (AvgIpc) is 2.40. The van der Waals surface area contributed by atoms with Gasteiger partial charge in [-0.05, 0) is 19.5 Å². The standard InChI is InChI=1S/C13H17ClN2O5/c1-3-15-13(2,12(17)18)7-8-21-11-9(14)5-4-6-10(11)16(19)20/h4-6,15H,3,7-8H2,1-2H3,(H,17,18). The molecule has 7 nitrogen and oxygen atoms in total. The summed E-state index contributed by atoms with van der Waals surface area (Å²) in [6.45, 7) is 3.79. The van der Waals surface area contributed by atoms with Gasteiger partial charge in [0.15, 0.2) is 0 Å². The molecule has 0 saturated carbocycles. The highest BCUT2D eigenvalue weighted by atomic mass is 35.5. The monoisotopic (exact) mass is 316 g/mol. The van der Waals surface area contributed by atoms with E-state index in [1.54, 1.807) is 6.92 Å². The smallest absolute Gasteiger partial charge is 0.323 e. The first kappa shape index (κ1) is 17.2. The van der Waals surface area contributed by atoms with Gasteiger partial charge in [-0.25, -0.2) is 0 Å². The van der Waals surface area contributed by atoms with Gasteiger partial charge in [-0.2, -0.15) is 0 Å². The number of nitro groups is 1. The van der Waals surface area contributed by atoms with Gasteiger partial charge in [-0.3, -0.25) is 14.9 Å². The molecule has 21 heavy (non-hydrogen) atoms. The molecule has 0 aliphatic rings. The third-order valence-corrected chi connectivity index (χ3v) is 3.33. The van der Waals surface area contributed by atoms with Crippen molar-refractivity contribution in [1.29, 1.82) is 0 Å². The molecule has 1 atom stereocenters. The summed E-state index contributed by atoms with van der Waals surface area (Å²) >= 11 is 5.89. The quantitative estimate of drug-likeness (QED) is 0.564. The van der Waals surface area contributed by atoms with Gasteiger partial charge in [0, 0.05) is 12.5 Å². The Bertz CT molecular complexity index is 537. The maximum absolute atomic E-state index is 11.2. The van der Waals surface area contributed by atoms with Crippen molar-refractivity contribution < 1.29 is 19.6 Å². The molecule has 0 saturated heterocycles. The van der Waals surface area contributed by atoms with E-state index in [4.69, 9.17) is 16.3 Å². The number of hydrogen-bond acceptors (Lipinski definition) is 5. The molecule has 0 aromatic heterocycles. The van der Waals surface area contributed by atoms with E-state index in [0.717, 1.165) is 0 Å². The Balaban J connectivity index is 2.80. The van der Waals surface area contributed by atoms with Crippen molar-refractivity contribution in [3.05, 3.63) is 33.3 Å². The minimum atomic E-state index is -1.16. The number of aliphatic carboxylic acids is 1. The van der Waals surface area contributed by atoms with Gasteiger partial charge in [-0.1, -0.05) is 24.6 Å². The third kappa shape index (κ3) is 4.30. The number of nitro benzene ring substituents is 1. The maximum atomic E-state index is 11.2. The Morgan fingerprint density at radius 3 is 2.76 bits per heavy atom. The lowest BCUT2D eigenvalue weighted by molar-refractivity contribution is -0.385. The average molecular weight is 317 g/mol. The van der Waals surface area contributed by atoms with Crippen LogP contribution in [0.3, 0.4) is 0 Å². The van der Waals surface area contributed by atoms with Crippen LogP contribution in [0.5, 0.6) is 5.75 Å². The lowest BCUT2D eigenvalue weighted by Gasteiger charge is -2.25. The number of nitrogens with one attached hydrogen (secondary N) is 1. The van der Waals surface area contributed by atoms with Crippen LogP contribution >= 0.6 is 11.6 Å². The molecule has 1 aromatic rings. The van der Waals surface area contributed by atoms with Crippen LogP contribution in [0, 0.1) is 10.1 Å². The van der Waals surface area contributed by atoms with E-state index < -0.39 is 16.4 Å². The summed E-state index contributed by atoms with van der Waals surface area (Å²) < 4.78 is 5.34. The van der Waals surface area contributed by atoms with Crippen LogP contribution < -0.4 is 10.1 Å². The Morgan fingerprint density at radius 1 is 1.57 bits per heavy atom.